The van der Waals surface area contributed by atoms with Gasteiger partial charge in [0.15, 0.2) is 0 Å². The summed E-state index contributed by atoms with van der Waals surface area (Å²) in [7, 11) is 1.20. The number of Topliss-reactive ketones (excluding diaryl/α,β-unsaturated/α-hetero) is 1. The fraction of sp³-hybridized carbons (Fsp3) is 0.300. The van der Waals surface area contributed by atoms with E-state index in [-0.39, 0.29) is 25.9 Å². The number of rotatable bonds is 11. The second-order valence-electron chi connectivity index (χ2n) is 9.68. The van der Waals surface area contributed by atoms with E-state index >= 15 is 0 Å². The van der Waals surface area contributed by atoms with Gasteiger partial charge >= 0.3 is 5.97 Å². The van der Waals surface area contributed by atoms with E-state index in [4.69, 9.17) is 4.74 Å². The molecular formula is C30H31N5O7. The van der Waals surface area contributed by atoms with Gasteiger partial charge < -0.3 is 25.6 Å². The smallest absolute Gasteiger partial charge is 0.328 e. The summed E-state index contributed by atoms with van der Waals surface area (Å²) >= 11 is 0. The predicted molar refractivity (Wildman–Crippen MR) is 151 cm³/mol. The highest BCUT2D eigenvalue weighted by Crippen LogP contribution is 2.19. The molecule has 218 valence electrons. The second kappa shape index (κ2) is 14.0. The average Bonchev–Trinajstić information content (AvgIpc) is 3.51. The second-order valence-corrected chi connectivity index (χ2v) is 9.68. The van der Waals surface area contributed by atoms with E-state index in [1.54, 1.807) is 54.6 Å². The number of methoxy groups -OCH3 is 1. The number of aromatic nitrogens is 1. The summed E-state index contributed by atoms with van der Waals surface area (Å²) in [4.78, 5) is 81.3. The van der Waals surface area contributed by atoms with Crippen LogP contribution >= 0.6 is 0 Å². The van der Waals surface area contributed by atoms with E-state index in [2.05, 4.69) is 20.9 Å². The Kier molecular flexibility index (Phi) is 9.93. The van der Waals surface area contributed by atoms with Gasteiger partial charge in [-0.1, -0.05) is 48.5 Å². The third kappa shape index (κ3) is 7.33. The Balaban J connectivity index is 1.28. The zero-order chi connectivity index (χ0) is 30.1. The molecule has 1 aliphatic rings. The Morgan fingerprint density at radius 2 is 1.69 bits per heavy atom. The van der Waals surface area contributed by atoms with Gasteiger partial charge in [0, 0.05) is 24.5 Å². The third-order valence-electron chi connectivity index (χ3n) is 6.91. The van der Waals surface area contributed by atoms with Crippen LogP contribution in [0.5, 0.6) is 0 Å². The summed E-state index contributed by atoms with van der Waals surface area (Å²) in [6, 6.07) is 15.7. The molecule has 1 aromatic heterocycles. The van der Waals surface area contributed by atoms with Crippen LogP contribution in [-0.4, -0.2) is 84.1 Å². The van der Waals surface area contributed by atoms with Crippen molar-refractivity contribution in [3.8, 4) is 0 Å². The lowest BCUT2D eigenvalue weighted by Crippen LogP contribution is -2.51. The highest BCUT2D eigenvalue weighted by Gasteiger charge is 2.37. The molecule has 2 atom stereocenters. The Hall–Kier alpha value is -5.13. The summed E-state index contributed by atoms with van der Waals surface area (Å²) < 4.78 is 4.77. The van der Waals surface area contributed by atoms with Crippen molar-refractivity contribution >= 4 is 46.3 Å². The van der Waals surface area contributed by atoms with Gasteiger partial charge in [-0.25, -0.2) is 4.79 Å². The van der Waals surface area contributed by atoms with Crippen LogP contribution in [0.1, 0.15) is 28.8 Å². The normalized spacial score (nSPS) is 15.0. The molecule has 0 radical (unpaired) electrons. The molecule has 0 spiro atoms. The lowest BCUT2D eigenvalue weighted by atomic mass is 10.1. The van der Waals surface area contributed by atoms with Crippen molar-refractivity contribution in [2.45, 2.75) is 31.3 Å². The summed E-state index contributed by atoms with van der Waals surface area (Å²) in [5.74, 6) is -4.21. The molecule has 12 heteroatoms. The van der Waals surface area contributed by atoms with Crippen molar-refractivity contribution in [3.05, 3.63) is 78.0 Å². The first-order valence-electron chi connectivity index (χ1n) is 13.4. The number of benzene rings is 2. The number of amides is 4. The summed E-state index contributed by atoms with van der Waals surface area (Å²) in [5, 5.41) is 8.00. The number of pyridine rings is 1. The van der Waals surface area contributed by atoms with Gasteiger partial charge in [-0.3, -0.25) is 29.0 Å². The quantitative estimate of drug-likeness (QED) is 0.221. The maximum absolute atomic E-state index is 12.9. The summed E-state index contributed by atoms with van der Waals surface area (Å²) in [5.41, 5.74) is 1.79. The van der Waals surface area contributed by atoms with Gasteiger partial charge in [0.25, 0.3) is 11.8 Å². The molecule has 2 heterocycles. The maximum atomic E-state index is 12.9. The number of hydrogen-bond acceptors (Lipinski definition) is 8. The van der Waals surface area contributed by atoms with Gasteiger partial charge in [0.05, 0.1) is 31.3 Å². The number of likely N-dealkylation sites (tertiary alicyclic amines) is 1. The highest BCUT2D eigenvalue weighted by atomic mass is 16.5. The Bertz CT molecular complexity index is 1490. The number of hydrogen-bond donors (Lipinski definition) is 3. The molecule has 0 unspecified atom stereocenters. The molecule has 1 fully saturated rings. The molecule has 0 saturated carbocycles. The molecule has 0 bridgehead atoms. The fourth-order valence-corrected chi connectivity index (χ4v) is 4.81. The van der Waals surface area contributed by atoms with Crippen molar-refractivity contribution in [1.82, 2.24) is 25.8 Å². The third-order valence-corrected chi connectivity index (χ3v) is 6.91. The van der Waals surface area contributed by atoms with Crippen molar-refractivity contribution in [2.75, 3.05) is 26.7 Å². The van der Waals surface area contributed by atoms with E-state index in [1.807, 2.05) is 6.07 Å². The van der Waals surface area contributed by atoms with Gasteiger partial charge in [-0.15, -0.1) is 0 Å². The first-order chi connectivity index (χ1) is 20.3. The number of carbonyl (C=O) groups excluding carboxylic acids is 6. The Morgan fingerprint density at radius 1 is 0.952 bits per heavy atom. The van der Waals surface area contributed by atoms with Gasteiger partial charge in [0.1, 0.15) is 12.1 Å². The van der Waals surface area contributed by atoms with Crippen LogP contribution in [0.2, 0.25) is 0 Å². The Labute approximate surface area is 241 Å². The van der Waals surface area contributed by atoms with E-state index in [0.717, 1.165) is 5.56 Å². The molecular weight excluding hydrogens is 542 g/mol. The molecule has 3 aromatic rings. The van der Waals surface area contributed by atoms with Crippen LogP contribution < -0.4 is 16.0 Å². The number of ketones is 1. The monoisotopic (exact) mass is 573 g/mol. The number of nitrogens with zero attached hydrogens (tertiary/aromatic N) is 2. The number of nitrogens with one attached hydrogen (secondary N) is 3. The molecule has 1 aliphatic heterocycles. The van der Waals surface area contributed by atoms with Gasteiger partial charge in [0.2, 0.25) is 17.6 Å². The number of para-hydroxylation sites is 1. The van der Waals surface area contributed by atoms with Crippen LogP contribution in [0.25, 0.3) is 10.9 Å². The minimum atomic E-state index is -1.03. The number of carbonyl (C=O) groups is 6. The van der Waals surface area contributed by atoms with Crippen molar-refractivity contribution in [3.63, 3.8) is 0 Å². The molecule has 4 rings (SSSR count). The average molecular weight is 574 g/mol. The molecule has 0 aliphatic carbocycles. The lowest BCUT2D eigenvalue weighted by Gasteiger charge is -2.23. The molecule has 2 aromatic carbocycles. The topological polar surface area (TPSA) is 164 Å². The molecule has 3 N–H and O–H groups in total. The van der Waals surface area contributed by atoms with E-state index < -0.39 is 54.0 Å². The van der Waals surface area contributed by atoms with E-state index in [1.165, 1.54) is 18.2 Å². The summed E-state index contributed by atoms with van der Waals surface area (Å²) in [6.07, 6.45) is 2.46. The highest BCUT2D eigenvalue weighted by molar-refractivity contribution is 6.38. The van der Waals surface area contributed by atoms with Crippen LogP contribution in [0.15, 0.2) is 66.9 Å². The first kappa shape index (κ1) is 29.8. The minimum absolute atomic E-state index is 0.180. The zero-order valence-electron chi connectivity index (χ0n) is 23.0. The maximum Gasteiger partial charge on any atom is 0.328 e. The lowest BCUT2D eigenvalue weighted by molar-refractivity contribution is -0.145. The molecule has 12 nitrogen and oxygen atoms in total. The van der Waals surface area contributed by atoms with Crippen LogP contribution in [0, 0.1) is 0 Å². The van der Waals surface area contributed by atoms with Crippen molar-refractivity contribution in [2.24, 2.45) is 0 Å². The van der Waals surface area contributed by atoms with Gasteiger partial charge in [-0.2, -0.15) is 0 Å². The molecule has 4 amide bonds. The van der Waals surface area contributed by atoms with Crippen molar-refractivity contribution < 1.29 is 33.5 Å². The summed E-state index contributed by atoms with van der Waals surface area (Å²) in [6.45, 7) is -0.666. The largest absolute Gasteiger partial charge is 0.467 e. The van der Waals surface area contributed by atoms with E-state index in [0.29, 0.717) is 22.9 Å². The SMILES string of the molecule is COC(=O)[C@H](Cc1ccccc1)NC(=O)CNC(=O)C(=O)[C@@H]1CCCN1C(=O)CNC(=O)c1ccnc2ccccc12. The number of ether oxygens (including phenoxy) is 1. The predicted octanol–water partition coefficient (Wildman–Crippen LogP) is 0.541. The minimum Gasteiger partial charge on any atom is -0.467 e. The van der Waals surface area contributed by atoms with Crippen LogP contribution in [0.3, 0.4) is 0 Å². The van der Waals surface area contributed by atoms with Gasteiger partial charge in [-0.05, 0) is 30.5 Å². The van der Waals surface area contributed by atoms with Crippen LogP contribution in [0.4, 0.5) is 0 Å². The Morgan fingerprint density at radius 3 is 2.45 bits per heavy atom. The zero-order valence-corrected chi connectivity index (χ0v) is 23.0. The first-order valence-corrected chi connectivity index (χ1v) is 13.4. The van der Waals surface area contributed by atoms with E-state index in [9.17, 15) is 28.8 Å². The number of fused-ring (bicyclic) bond motifs is 1. The fourth-order valence-electron chi connectivity index (χ4n) is 4.81. The van der Waals surface area contributed by atoms with Crippen LogP contribution in [-0.2, 0) is 35.1 Å². The van der Waals surface area contributed by atoms with Crippen molar-refractivity contribution in [1.29, 1.82) is 0 Å². The number of esters is 1. The molecule has 1 saturated heterocycles. The standard InChI is InChI=1S/C30H31N5O7/c1-42-30(41)23(16-19-8-3-2-4-9-19)34-25(36)17-32-29(40)27(38)24-12-7-15-35(24)26(37)18-33-28(39)21-13-14-31-22-11-6-5-10-20(21)22/h2-6,8-11,13-14,23-24H,7,12,15-18H2,1H3,(H,32,40)(H,33,39)(H,34,36)/t23-,24-/m0/s1. The molecule has 42 heavy (non-hydrogen) atoms.